The van der Waals surface area contributed by atoms with E-state index in [0.717, 1.165) is 18.4 Å². The second kappa shape index (κ2) is 9.12. The minimum atomic E-state index is -3.73. The summed E-state index contributed by atoms with van der Waals surface area (Å²) in [6.07, 6.45) is 2.34. The van der Waals surface area contributed by atoms with E-state index >= 15 is 0 Å². The van der Waals surface area contributed by atoms with Crippen LogP contribution < -0.4 is 5.32 Å². The van der Waals surface area contributed by atoms with Crippen molar-refractivity contribution in [3.05, 3.63) is 87.6 Å². The molecule has 2 heterocycles. The topological polar surface area (TPSA) is 66.5 Å². The fraction of sp³-hybridized carbons (Fsp3) is 0.261. The van der Waals surface area contributed by atoms with Crippen molar-refractivity contribution >= 4 is 27.3 Å². The highest BCUT2D eigenvalue weighted by Gasteiger charge is 2.32. The lowest BCUT2D eigenvalue weighted by Crippen LogP contribution is -2.36. The van der Waals surface area contributed by atoms with Crippen molar-refractivity contribution in [2.45, 2.75) is 30.7 Å². The summed E-state index contributed by atoms with van der Waals surface area (Å²) in [7, 11) is -3.73. The highest BCUT2D eigenvalue weighted by molar-refractivity contribution is 7.89. The molecule has 0 saturated carbocycles. The Morgan fingerprint density at radius 2 is 1.73 bits per heavy atom. The molecule has 0 saturated heterocycles. The van der Waals surface area contributed by atoms with Crippen LogP contribution in [0, 0.1) is 0 Å². The van der Waals surface area contributed by atoms with Gasteiger partial charge in [-0.1, -0.05) is 54.6 Å². The first-order chi connectivity index (χ1) is 14.6. The van der Waals surface area contributed by atoms with E-state index in [1.807, 2.05) is 42.5 Å². The number of amides is 1. The normalized spacial score (nSPS) is 14.3. The van der Waals surface area contributed by atoms with Gasteiger partial charge in [0.2, 0.25) is 10.0 Å². The predicted molar refractivity (Wildman–Crippen MR) is 119 cm³/mol. The molecule has 5 nitrogen and oxygen atoms in total. The third kappa shape index (κ3) is 4.48. The Balaban J connectivity index is 1.41. The molecule has 1 aromatic heterocycles. The van der Waals surface area contributed by atoms with Gasteiger partial charge in [-0.2, -0.15) is 4.31 Å². The summed E-state index contributed by atoms with van der Waals surface area (Å²) < 4.78 is 28.0. The van der Waals surface area contributed by atoms with E-state index in [4.69, 9.17) is 0 Å². The molecule has 0 aliphatic carbocycles. The molecule has 2 aromatic carbocycles. The Kier molecular flexibility index (Phi) is 6.32. The van der Waals surface area contributed by atoms with Gasteiger partial charge in [-0.3, -0.25) is 4.79 Å². The summed E-state index contributed by atoms with van der Waals surface area (Å²) in [4.78, 5) is 13.0. The molecule has 4 rings (SSSR count). The maximum Gasteiger partial charge on any atom is 0.262 e. The zero-order valence-electron chi connectivity index (χ0n) is 16.6. The molecule has 1 N–H and O–H groups in total. The van der Waals surface area contributed by atoms with Crippen molar-refractivity contribution in [3.63, 3.8) is 0 Å². The van der Waals surface area contributed by atoms with Crippen molar-refractivity contribution in [2.24, 2.45) is 0 Å². The highest BCUT2D eigenvalue weighted by atomic mass is 32.2. The number of hydrogen-bond donors (Lipinski definition) is 1. The molecule has 30 heavy (non-hydrogen) atoms. The summed E-state index contributed by atoms with van der Waals surface area (Å²) >= 11 is 1.17. The fourth-order valence-corrected chi connectivity index (χ4v) is 6.44. The Hall–Kier alpha value is -2.48. The van der Waals surface area contributed by atoms with Gasteiger partial charge in [-0.25, -0.2) is 8.42 Å². The molecule has 1 aliphatic heterocycles. The molecule has 1 amide bonds. The molecular weight excluding hydrogens is 416 g/mol. The van der Waals surface area contributed by atoms with E-state index in [1.165, 1.54) is 26.8 Å². The van der Waals surface area contributed by atoms with Crippen molar-refractivity contribution in [1.82, 2.24) is 9.62 Å². The second-order valence-electron chi connectivity index (χ2n) is 7.32. The zero-order valence-corrected chi connectivity index (χ0v) is 18.2. The van der Waals surface area contributed by atoms with Gasteiger partial charge in [0.15, 0.2) is 0 Å². The molecule has 0 spiro atoms. The highest BCUT2D eigenvalue weighted by Crippen LogP contribution is 2.29. The number of nitrogens with zero attached hydrogens (tertiary/aromatic N) is 1. The molecular formula is C23H24N2O3S2. The minimum absolute atomic E-state index is 0.104. The molecule has 0 atom stereocenters. The third-order valence-electron chi connectivity index (χ3n) is 5.32. The first kappa shape index (κ1) is 20.8. The molecule has 0 radical (unpaired) electrons. The van der Waals surface area contributed by atoms with E-state index in [2.05, 4.69) is 17.4 Å². The van der Waals surface area contributed by atoms with Crippen molar-refractivity contribution < 1.29 is 13.2 Å². The van der Waals surface area contributed by atoms with Crippen LogP contribution in [-0.4, -0.2) is 31.7 Å². The molecule has 7 heteroatoms. The number of benzene rings is 2. The summed E-state index contributed by atoms with van der Waals surface area (Å²) in [6, 6.07) is 19.5. The smallest absolute Gasteiger partial charge is 0.262 e. The number of aryl methyl sites for hydroxylation is 1. The number of carbonyl (C=O) groups is 1. The van der Waals surface area contributed by atoms with E-state index in [0.29, 0.717) is 26.1 Å². The molecule has 1 aliphatic rings. The average Bonchev–Trinajstić information content (AvgIpc) is 3.28. The second-order valence-corrected chi connectivity index (χ2v) is 10.1. The Labute approximate surface area is 181 Å². The number of nitrogens with one attached hydrogen (secondary N) is 1. The van der Waals surface area contributed by atoms with Crippen LogP contribution in [-0.2, 0) is 29.4 Å². The van der Waals surface area contributed by atoms with Gasteiger partial charge in [0, 0.05) is 19.6 Å². The van der Waals surface area contributed by atoms with Crippen LogP contribution in [0.2, 0.25) is 0 Å². The lowest BCUT2D eigenvalue weighted by atomic mass is 10.0. The van der Waals surface area contributed by atoms with Crippen LogP contribution in [0.15, 0.2) is 70.9 Å². The monoisotopic (exact) mass is 440 g/mol. The quantitative estimate of drug-likeness (QED) is 0.568. The van der Waals surface area contributed by atoms with E-state index in [-0.39, 0.29) is 15.7 Å². The van der Waals surface area contributed by atoms with E-state index in [9.17, 15) is 13.2 Å². The fourth-order valence-electron chi connectivity index (χ4n) is 3.70. The predicted octanol–water partition coefficient (Wildman–Crippen LogP) is 3.86. The van der Waals surface area contributed by atoms with Crippen molar-refractivity contribution in [1.29, 1.82) is 0 Å². The number of fused-ring (bicyclic) bond motifs is 1. The molecule has 156 valence electrons. The van der Waals surface area contributed by atoms with Crippen LogP contribution in [0.3, 0.4) is 0 Å². The maximum absolute atomic E-state index is 13.3. The largest absolute Gasteiger partial charge is 0.351 e. The van der Waals surface area contributed by atoms with Gasteiger partial charge >= 0.3 is 0 Å². The summed E-state index contributed by atoms with van der Waals surface area (Å²) in [6.45, 7) is 1.27. The van der Waals surface area contributed by atoms with Gasteiger partial charge in [0.05, 0.1) is 0 Å². The van der Waals surface area contributed by atoms with Crippen LogP contribution in [0.5, 0.6) is 0 Å². The minimum Gasteiger partial charge on any atom is -0.351 e. The van der Waals surface area contributed by atoms with E-state index < -0.39 is 10.0 Å². The molecule has 0 fully saturated rings. The molecule has 0 unspecified atom stereocenters. The SMILES string of the molecule is O=C(NCCCc1ccccc1)c1sccc1S(=O)(=O)N1CCc2ccccc2C1. The van der Waals surface area contributed by atoms with Crippen molar-refractivity contribution in [2.75, 3.05) is 13.1 Å². The standard InChI is InChI=1S/C23H24N2O3S2/c26-23(24-14-6-9-18-7-2-1-3-8-18)22-21(13-16-29-22)30(27,28)25-15-12-19-10-4-5-11-20(19)17-25/h1-5,7-8,10-11,13,16H,6,9,12,14-15,17H2,(H,24,26). The summed E-state index contributed by atoms with van der Waals surface area (Å²) in [5.74, 6) is -0.325. The van der Waals surface area contributed by atoms with Crippen LogP contribution in [0.1, 0.15) is 32.8 Å². The zero-order chi connectivity index (χ0) is 21.0. The van der Waals surface area contributed by atoms with Gasteiger partial charge in [-0.15, -0.1) is 11.3 Å². The third-order valence-corrected chi connectivity index (χ3v) is 8.25. The van der Waals surface area contributed by atoms with Gasteiger partial charge < -0.3 is 5.32 Å². The molecule has 0 bridgehead atoms. The summed E-state index contributed by atoms with van der Waals surface area (Å²) in [5.41, 5.74) is 3.43. The van der Waals surface area contributed by atoms with Crippen LogP contribution >= 0.6 is 11.3 Å². The number of sulfonamides is 1. The first-order valence-electron chi connectivity index (χ1n) is 10.0. The Morgan fingerprint density at radius 1 is 1.00 bits per heavy atom. The van der Waals surface area contributed by atoms with Crippen LogP contribution in [0.25, 0.3) is 0 Å². The van der Waals surface area contributed by atoms with Gasteiger partial charge in [-0.05, 0) is 47.4 Å². The number of rotatable bonds is 7. The number of hydrogen-bond acceptors (Lipinski definition) is 4. The van der Waals surface area contributed by atoms with Crippen LogP contribution in [0.4, 0.5) is 0 Å². The number of carbonyl (C=O) groups excluding carboxylic acids is 1. The lowest BCUT2D eigenvalue weighted by Gasteiger charge is -2.28. The Morgan fingerprint density at radius 3 is 2.53 bits per heavy atom. The van der Waals surface area contributed by atoms with Crippen molar-refractivity contribution in [3.8, 4) is 0 Å². The van der Waals surface area contributed by atoms with E-state index in [1.54, 1.807) is 11.4 Å². The van der Waals surface area contributed by atoms with Gasteiger partial charge in [0.25, 0.3) is 5.91 Å². The van der Waals surface area contributed by atoms with Gasteiger partial charge in [0.1, 0.15) is 9.77 Å². The molecule has 3 aromatic rings. The summed E-state index contributed by atoms with van der Waals surface area (Å²) in [5, 5.41) is 4.55. The Bertz CT molecular complexity index is 1120. The lowest BCUT2D eigenvalue weighted by molar-refractivity contribution is 0.0954. The maximum atomic E-state index is 13.3. The number of thiophene rings is 1. The first-order valence-corrected chi connectivity index (χ1v) is 12.3. The average molecular weight is 441 g/mol.